The van der Waals surface area contributed by atoms with Crippen molar-refractivity contribution in [3.63, 3.8) is 0 Å². The van der Waals surface area contributed by atoms with Crippen LogP contribution < -0.4 is 15.0 Å². The zero-order valence-corrected chi connectivity index (χ0v) is 11.8. The third kappa shape index (κ3) is 4.37. The number of nitrogens with zero attached hydrogens (tertiary/aromatic N) is 1. The first-order chi connectivity index (χ1) is 8.33. The lowest BCUT2D eigenvalue weighted by Crippen LogP contribution is -2.43. The number of methoxy groups -OCH3 is 1. The van der Waals surface area contributed by atoms with Crippen LogP contribution in [0.4, 0.5) is 5.69 Å². The normalized spacial score (nSPS) is 11.2. The van der Waals surface area contributed by atoms with Crippen LogP contribution in [0.25, 0.3) is 0 Å². The standard InChI is InChI=1S/C14H22N2O2/c1-14(2,3)15-10-13(17)16(4)11-7-6-8-12(9-11)18-5/h6-9,15H,10H2,1-5H3. The number of benzene rings is 1. The Bertz CT molecular complexity index is 411. The summed E-state index contributed by atoms with van der Waals surface area (Å²) in [4.78, 5) is 13.6. The van der Waals surface area contributed by atoms with Crippen LogP contribution in [-0.2, 0) is 4.79 Å². The average molecular weight is 250 g/mol. The van der Waals surface area contributed by atoms with Crippen LogP contribution in [0.3, 0.4) is 0 Å². The van der Waals surface area contributed by atoms with Crippen molar-refractivity contribution >= 4 is 11.6 Å². The molecule has 1 rings (SSSR count). The number of ether oxygens (including phenoxy) is 1. The first-order valence-corrected chi connectivity index (χ1v) is 5.99. The topological polar surface area (TPSA) is 41.6 Å². The largest absolute Gasteiger partial charge is 0.497 e. The monoisotopic (exact) mass is 250 g/mol. The summed E-state index contributed by atoms with van der Waals surface area (Å²) in [5.41, 5.74) is 0.764. The highest BCUT2D eigenvalue weighted by molar-refractivity contribution is 5.94. The molecule has 0 saturated heterocycles. The van der Waals surface area contributed by atoms with E-state index in [1.807, 2.05) is 45.0 Å². The van der Waals surface area contributed by atoms with E-state index in [1.165, 1.54) is 0 Å². The van der Waals surface area contributed by atoms with E-state index in [2.05, 4.69) is 5.32 Å². The Balaban J connectivity index is 2.68. The van der Waals surface area contributed by atoms with Gasteiger partial charge in [-0.3, -0.25) is 4.79 Å². The highest BCUT2D eigenvalue weighted by atomic mass is 16.5. The molecule has 0 atom stereocenters. The molecule has 0 bridgehead atoms. The van der Waals surface area contributed by atoms with E-state index >= 15 is 0 Å². The molecule has 1 N–H and O–H groups in total. The van der Waals surface area contributed by atoms with Crippen LogP contribution >= 0.6 is 0 Å². The fourth-order valence-corrected chi connectivity index (χ4v) is 1.42. The lowest BCUT2D eigenvalue weighted by Gasteiger charge is -2.23. The molecule has 0 aliphatic carbocycles. The summed E-state index contributed by atoms with van der Waals surface area (Å²) >= 11 is 0. The molecule has 0 fully saturated rings. The summed E-state index contributed by atoms with van der Waals surface area (Å²) in [5.74, 6) is 0.772. The van der Waals surface area contributed by atoms with Crippen molar-refractivity contribution in [2.75, 3.05) is 25.6 Å². The van der Waals surface area contributed by atoms with Gasteiger partial charge >= 0.3 is 0 Å². The smallest absolute Gasteiger partial charge is 0.240 e. The van der Waals surface area contributed by atoms with Crippen LogP contribution in [0.15, 0.2) is 24.3 Å². The van der Waals surface area contributed by atoms with Gasteiger partial charge in [0.1, 0.15) is 5.75 Å². The van der Waals surface area contributed by atoms with Crippen LogP contribution in [0, 0.1) is 0 Å². The third-order valence-corrected chi connectivity index (χ3v) is 2.58. The molecule has 0 aliphatic rings. The molecule has 0 spiro atoms. The predicted molar refractivity (Wildman–Crippen MR) is 74.2 cm³/mol. The van der Waals surface area contributed by atoms with Gasteiger partial charge in [0.2, 0.25) is 5.91 Å². The lowest BCUT2D eigenvalue weighted by molar-refractivity contribution is -0.117. The minimum absolute atomic E-state index is 0.0261. The van der Waals surface area contributed by atoms with E-state index in [9.17, 15) is 4.79 Å². The van der Waals surface area contributed by atoms with E-state index in [0.717, 1.165) is 11.4 Å². The molecule has 1 aromatic carbocycles. The van der Waals surface area contributed by atoms with E-state index < -0.39 is 0 Å². The number of carbonyl (C=O) groups excluding carboxylic acids is 1. The minimum Gasteiger partial charge on any atom is -0.497 e. The van der Waals surface area contributed by atoms with Crippen molar-refractivity contribution in [2.24, 2.45) is 0 Å². The van der Waals surface area contributed by atoms with E-state index in [0.29, 0.717) is 6.54 Å². The maximum Gasteiger partial charge on any atom is 0.240 e. The first-order valence-electron chi connectivity index (χ1n) is 5.99. The van der Waals surface area contributed by atoms with Gasteiger partial charge in [-0.2, -0.15) is 0 Å². The Kier molecular flexibility index (Phi) is 4.73. The second kappa shape index (κ2) is 5.87. The highest BCUT2D eigenvalue weighted by Crippen LogP contribution is 2.19. The maximum atomic E-state index is 12.0. The van der Waals surface area contributed by atoms with Gasteiger partial charge in [0.15, 0.2) is 0 Å². The Morgan fingerprint density at radius 3 is 2.61 bits per heavy atom. The molecule has 1 aromatic rings. The van der Waals surface area contributed by atoms with Crippen LogP contribution in [0.2, 0.25) is 0 Å². The molecular formula is C14H22N2O2. The Labute approximate surface area is 109 Å². The zero-order chi connectivity index (χ0) is 13.8. The Morgan fingerprint density at radius 2 is 2.06 bits per heavy atom. The average Bonchev–Trinajstić information content (AvgIpc) is 2.34. The molecule has 0 aromatic heterocycles. The van der Waals surface area contributed by atoms with Crippen LogP contribution in [0.1, 0.15) is 20.8 Å². The van der Waals surface area contributed by atoms with Crippen molar-refractivity contribution in [1.82, 2.24) is 5.32 Å². The van der Waals surface area contributed by atoms with Gasteiger partial charge < -0.3 is 15.0 Å². The van der Waals surface area contributed by atoms with Gasteiger partial charge in [0, 0.05) is 24.3 Å². The van der Waals surface area contributed by atoms with Gasteiger partial charge in [0.05, 0.1) is 13.7 Å². The molecule has 4 heteroatoms. The molecule has 0 heterocycles. The molecule has 0 unspecified atom stereocenters. The third-order valence-electron chi connectivity index (χ3n) is 2.58. The van der Waals surface area contributed by atoms with E-state index in [4.69, 9.17) is 4.74 Å². The van der Waals surface area contributed by atoms with Gasteiger partial charge in [-0.1, -0.05) is 6.07 Å². The summed E-state index contributed by atoms with van der Waals surface area (Å²) in [6.07, 6.45) is 0. The van der Waals surface area contributed by atoms with Crippen LogP contribution in [0.5, 0.6) is 5.75 Å². The predicted octanol–water partition coefficient (Wildman–Crippen LogP) is 2.05. The Hall–Kier alpha value is -1.55. The summed E-state index contributed by atoms with van der Waals surface area (Å²) < 4.78 is 5.15. The number of carbonyl (C=O) groups is 1. The van der Waals surface area contributed by atoms with Gasteiger partial charge in [-0.15, -0.1) is 0 Å². The molecule has 18 heavy (non-hydrogen) atoms. The van der Waals surface area contributed by atoms with Crippen molar-refractivity contribution in [1.29, 1.82) is 0 Å². The Morgan fingerprint density at radius 1 is 1.39 bits per heavy atom. The summed E-state index contributed by atoms with van der Waals surface area (Å²) in [5, 5.41) is 3.18. The molecule has 0 aliphatic heterocycles. The SMILES string of the molecule is COc1cccc(N(C)C(=O)CNC(C)(C)C)c1. The molecule has 0 saturated carbocycles. The summed E-state index contributed by atoms with van der Waals surface area (Å²) in [6, 6.07) is 7.46. The lowest BCUT2D eigenvalue weighted by atomic mass is 10.1. The molecule has 4 nitrogen and oxygen atoms in total. The second-order valence-electron chi connectivity index (χ2n) is 5.26. The summed E-state index contributed by atoms with van der Waals surface area (Å²) in [6.45, 7) is 6.42. The van der Waals surface area contributed by atoms with Gasteiger partial charge in [-0.05, 0) is 32.9 Å². The maximum absolute atomic E-state index is 12.0. The molecule has 1 amide bonds. The molecule has 0 radical (unpaired) electrons. The van der Waals surface area contributed by atoms with Crippen molar-refractivity contribution in [3.8, 4) is 5.75 Å². The number of hydrogen-bond donors (Lipinski definition) is 1. The number of amides is 1. The molecular weight excluding hydrogens is 228 g/mol. The highest BCUT2D eigenvalue weighted by Gasteiger charge is 2.15. The number of hydrogen-bond acceptors (Lipinski definition) is 3. The van der Waals surface area contributed by atoms with Gasteiger partial charge in [0.25, 0.3) is 0 Å². The molecule has 100 valence electrons. The zero-order valence-electron chi connectivity index (χ0n) is 11.8. The van der Waals surface area contributed by atoms with Gasteiger partial charge in [-0.25, -0.2) is 0 Å². The number of rotatable bonds is 4. The van der Waals surface area contributed by atoms with Crippen molar-refractivity contribution in [2.45, 2.75) is 26.3 Å². The minimum atomic E-state index is -0.0646. The van der Waals surface area contributed by atoms with Crippen molar-refractivity contribution in [3.05, 3.63) is 24.3 Å². The second-order valence-corrected chi connectivity index (χ2v) is 5.26. The van der Waals surface area contributed by atoms with Crippen molar-refractivity contribution < 1.29 is 9.53 Å². The van der Waals surface area contributed by atoms with E-state index in [-0.39, 0.29) is 11.4 Å². The summed E-state index contributed by atoms with van der Waals surface area (Å²) in [7, 11) is 3.38. The number of anilines is 1. The quantitative estimate of drug-likeness (QED) is 0.889. The number of likely N-dealkylation sites (N-methyl/N-ethyl adjacent to an activating group) is 1. The number of nitrogens with one attached hydrogen (secondary N) is 1. The fourth-order valence-electron chi connectivity index (χ4n) is 1.42. The first kappa shape index (κ1) is 14.5. The fraction of sp³-hybridized carbons (Fsp3) is 0.500. The van der Waals surface area contributed by atoms with Crippen LogP contribution in [-0.4, -0.2) is 32.1 Å². The van der Waals surface area contributed by atoms with E-state index in [1.54, 1.807) is 19.1 Å².